The number of piperidine rings is 1. The van der Waals surface area contributed by atoms with Crippen LogP contribution in [-0.4, -0.2) is 56.3 Å². The zero-order chi connectivity index (χ0) is 26.7. The monoisotopic (exact) mass is 528 g/mol. The Morgan fingerprint density at radius 1 is 0.974 bits per heavy atom. The number of rotatable bonds is 8. The molecule has 3 aromatic rings. The van der Waals surface area contributed by atoms with Gasteiger partial charge in [-0.3, -0.25) is 0 Å². The van der Waals surface area contributed by atoms with E-state index in [1.54, 1.807) is 7.11 Å². The van der Waals surface area contributed by atoms with Gasteiger partial charge < -0.3 is 33.9 Å². The second kappa shape index (κ2) is 11.0. The van der Waals surface area contributed by atoms with Gasteiger partial charge in [0.25, 0.3) is 0 Å². The summed E-state index contributed by atoms with van der Waals surface area (Å²) in [5.41, 5.74) is 1.78. The molecule has 0 unspecified atom stereocenters. The van der Waals surface area contributed by atoms with Gasteiger partial charge in [0.15, 0.2) is 23.1 Å². The van der Waals surface area contributed by atoms with Gasteiger partial charge in [-0.25, -0.2) is 18.7 Å². The Kier molecular flexibility index (Phi) is 7.48. The molecule has 0 aliphatic carbocycles. The molecule has 2 fully saturated rings. The molecule has 0 amide bonds. The van der Waals surface area contributed by atoms with E-state index in [0.29, 0.717) is 19.2 Å². The smallest absolute Gasteiger partial charge is 0.227 e. The van der Waals surface area contributed by atoms with E-state index < -0.39 is 17.4 Å². The molecule has 9 nitrogen and oxygen atoms in total. The lowest BCUT2D eigenvalue weighted by molar-refractivity contribution is -0.169. The van der Waals surface area contributed by atoms with E-state index in [2.05, 4.69) is 20.2 Å². The lowest BCUT2D eigenvalue weighted by atomic mass is 10.0. The number of hydrogen-bond acceptors (Lipinski definition) is 9. The number of benzene rings is 2. The molecule has 2 aliphatic heterocycles. The average molecular weight is 529 g/mol. The van der Waals surface area contributed by atoms with E-state index in [1.165, 1.54) is 32.5 Å². The van der Waals surface area contributed by atoms with Gasteiger partial charge in [-0.15, -0.1) is 0 Å². The van der Waals surface area contributed by atoms with Gasteiger partial charge in [0.2, 0.25) is 5.95 Å². The van der Waals surface area contributed by atoms with Gasteiger partial charge in [0, 0.05) is 37.7 Å². The SMILES string of the molecule is COc1cc(Nc2ncc(OCc3c(F)c(C)cc(OC)c3F)cn2)ccc1N1CCC2(CC1)OCCO2. The number of halogens is 2. The number of ether oxygens (including phenoxy) is 5. The topological polar surface area (TPSA) is 87.2 Å². The highest BCUT2D eigenvalue weighted by Crippen LogP contribution is 2.38. The van der Waals surface area contributed by atoms with Gasteiger partial charge in [-0.2, -0.15) is 0 Å². The first-order chi connectivity index (χ1) is 18.4. The van der Waals surface area contributed by atoms with E-state index in [1.807, 2.05) is 18.2 Å². The fourth-order valence-corrected chi connectivity index (χ4v) is 4.71. The Morgan fingerprint density at radius 2 is 1.66 bits per heavy atom. The van der Waals surface area contributed by atoms with Crippen molar-refractivity contribution in [2.45, 2.75) is 32.2 Å². The summed E-state index contributed by atoms with van der Waals surface area (Å²) in [5, 5.41) is 3.14. The van der Waals surface area contributed by atoms with E-state index in [4.69, 9.17) is 23.7 Å². The van der Waals surface area contributed by atoms with Gasteiger partial charge >= 0.3 is 0 Å². The van der Waals surface area contributed by atoms with Crippen LogP contribution in [0.3, 0.4) is 0 Å². The van der Waals surface area contributed by atoms with E-state index in [0.717, 1.165) is 43.1 Å². The normalized spacial score (nSPS) is 16.5. The van der Waals surface area contributed by atoms with Crippen molar-refractivity contribution in [2.75, 3.05) is 50.7 Å². The third-order valence-electron chi connectivity index (χ3n) is 6.79. The number of nitrogens with zero attached hydrogens (tertiary/aromatic N) is 3. The first kappa shape index (κ1) is 25.9. The minimum Gasteiger partial charge on any atom is -0.495 e. The fraction of sp³-hybridized carbons (Fsp3) is 0.407. The molecule has 0 radical (unpaired) electrons. The number of nitrogens with one attached hydrogen (secondary N) is 1. The van der Waals surface area contributed by atoms with Crippen LogP contribution in [0, 0.1) is 18.6 Å². The van der Waals surface area contributed by atoms with Gasteiger partial charge in [0.05, 0.1) is 51.1 Å². The standard InChI is InChI=1S/C27H30F2N4O5/c1-17-12-23(35-3)25(29)20(24(17)28)16-36-19-14-30-26(31-15-19)32-18-4-5-21(22(13-18)34-2)33-8-6-27(7-9-33)37-10-11-38-27/h4-5,12-15H,6-11,16H2,1-3H3,(H,30,31,32). The maximum absolute atomic E-state index is 14.5. The Morgan fingerprint density at radius 3 is 2.32 bits per heavy atom. The predicted molar refractivity (Wildman–Crippen MR) is 136 cm³/mol. The minimum atomic E-state index is -0.795. The van der Waals surface area contributed by atoms with Crippen LogP contribution in [0.15, 0.2) is 36.7 Å². The highest BCUT2D eigenvalue weighted by atomic mass is 19.1. The van der Waals surface area contributed by atoms with Crippen molar-refractivity contribution in [2.24, 2.45) is 0 Å². The summed E-state index contributed by atoms with van der Waals surface area (Å²) < 4.78 is 56.7. The average Bonchev–Trinajstić information content (AvgIpc) is 3.40. The largest absolute Gasteiger partial charge is 0.495 e. The number of methoxy groups -OCH3 is 2. The first-order valence-electron chi connectivity index (χ1n) is 12.4. The highest BCUT2D eigenvalue weighted by Gasteiger charge is 2.40. The lowest BCUT2D eigenvalue weighted by Gasteiger charge is -2.39. The molecule has 2 aliphatic rings. The zero-order valence-corrected chi connectivity index (χ0v) is 21.6. The molecule has 0 saturated carbocycles. The highest BCUT2D eigenvalue weighted by molar-refractivity contribution is 5.67. The quantitative estimate of drug-likeness (QED) is 0.445. The summed E-state index contributed by atoms with van der Waals surface area (Å²) in [6.45, 7) is 4.11. The summed E-state index contributed by atoms with van der Waals surface area (Å²) in [6.07, 6.45) is 4.46. The number of anilines is 3. The summed E-state index contributed by atoms with van der Waals surface area (Å²) in [7, 11) is 2.96. The van der Waals surface area contributed by atoms with Gasteiger partial charge in [0.1, 0.15) is 18.2 Å². The molecule has 38 heavy (non-hydrogen) atoms. The van der Waals surface area contributed by atoms with E-state index in [9.17, 15) is 8.78 Å². The van der Waals surface area contributed by atoms with Crippen molar-refractivity contribution in [1.82, 2.24) is 9.97 Å². The minimum absolute atomic E-state index is 0.0409. The van der Waals surface area contributed by atoms with Crippen molar-refractivity contribution in [3.63, 3.8) is 0 Å². The third-order valence-corrected chi connectivity index (χ3v) is 6.79. The summed E-state index contributed by atoms with van der Waals surface area (Å²) in [6, 6.07) is 7.11. The molecule has 2 aromatic carbocycles. The number of aromatic nitrogens is 2. The Bertz CT molecular complexity index is 1280. The molecule has 11 heteroatoms. The van der Waals surface area contributed by atoms with Crippen LogP contribution in [0.5, 0.6) is 17.2 Å². The second-order valence-corrected chi connectivity index (χ2v) is 9.14. The lowest BCUT2D eigenvalue weighted by Crippen LogP contribution is -2.45. The van der Waals surface area contributed by atoms with Crippen LogP contribution >= 0.6 is 0 Å². The molecular weight excluding hydrogens is 498 g/mol. The first-order valence-corrected chi connectivity index (χ1v) is 12.4. The van der Waals surface area contributed by atoms with Crippen molar-refractivity contribution in [3.05, 3.63) is 59.4 Å². The molecule has 0 atom stereocenters. The number of aryl methyl sites for hydroxylation is 1. The summed E-state index contributed by atoms with van der Waals surface area (Å²) >= 11 is 0. The van der Waals surface area contributed by atoms with Gasteiger partial charge in [-0.1, -0.05) is 0 Å². The van der Waals surface area contributed by atoms with Crippen LogP contribution in [0.4, 0.5) is 26.1 Å². The third kappa shape index (κ3) is 5.30. The summed E-state index contributed by atoms with van der Waals surface area (Å²) in [5.74, 6) is -0.635. The van der Waals surface area contributed by atoms with Crippen molar-refractivity contribution >= 4 is 17.3 Å². The van der Waals surface area contributed by atoms with Crippen molar-refractivity contribution in [1.29, 1.82) is 0 Å². The maximum Gasteiger partial charge on any atom is 0.227 e. The molecule has 1 aromatic heterocycles. The molecule has 202 valence electrons. The predicted octanol–water partition coefficient (Wildman–Crippen LogP) is 4.75. The molecule has 1 N–H and O–H groups in total. The summed E-state index contributed by atoms with van der Waals surface area (Å²) in [4.78, 5) is 10.8. The molecule has 0 bridgehead atoms. The second-order valence-electron chi connectivity index (χ2n) is 9.14. The van der Waals surface area contributed by atoms with Gasteiger partial charge in [-0.05, 0) is 30.7 Å². The molecule has 1 spiro atoms. The van der Waals surface area contributed by atoms with E-state index >= 15 is 0 Å². The van der Waals surface area contributed by atoms with Crippen LogP contribution in [0.2, 0.25) is 0 Å². The Balaban J connectivity index is 1.22. The Hall–Kier alpha value is -3.70. The number of hydrogen-bond donors (Lipinski definition) is 1. The van der Waals surface area contributed by atoms with Crippen LogP contribution in [0.25, 0.3) is 0 Å². The zero-order valence-electron chi connectivity index (χ0n) is 21.6. The molecule has 2 saturated heterocycles. The van der Waals surface area contributed by atoms with E-state index in [-0.39, 0.29) is 29.2 Å². The van der Waals surface area contributed by atoms with Crippen LogP contribution in [-0.2, 0) is 16.1 Å². The van der Waals surface area contributed by atoms with Crippen LogP contribution < -0.4 is 24.4 Å². The fourth-order valence-electron chi connectivity index (χ4n) is 4.71. The maximum atomic E-state index is 14.5. The molecule has 5 rings (SSSR count). The molecule has 3 heterocycles. The van der Waals surface area contributed by atoms with Crippen LogP contribution in [0.1, 0.15) is 24.0 Å². The molecular formula is C27H30F2N4O5. The van der Waals surface area contributed by atoms with Crippen molar-refractivity contribution < 1.29 is 32.5 Å². The van der Waals surface area contributed by atoms with Crippen molar-refractivity contribution in [3.8, 4) is 17.2 Å². The Labute approximate surface area is 219 Å².